The van der Waals surface area contributed by atoms with Crippen LogP contribution in [-0.4, -0.2) is 7.85 Å². The van der Waals surface area contributed by atoms with Crippen molar-refractivity contribution in [3.63, 3.8) is 0 Å². The van der Waals surface area contributed by atoms with Crippen LogP contribution in [0.15, 0.2) is 0 Å². The average Bonchev–Trinajstić information content (AvgIpc) is 2.10. The van der Waals surface area contributed by atoms with Crippen LogP contribution < -0.4 is 0 Å². The second-order valence-electron chi connectivity index (χ2n) is 5.46. The van der Waals surface area contributed by atoms with Gasteiger partial charge >= 0.3 is 0 Å². The van der Waals surface area contributed by atoms with Crippen molar-refractivity contribution in [2.24, 2.45) is 23.7 Å². The van der Waals surface area contributed by atoms with E-state index in [9.17, 15) is 0 Å². The van der Waals surface area contributed by atoms with Gasteiger partial charge in [-0.15, -0.1) is 0 Å². The van der Waals surface area contributed by atoms with Gasteiger partial charge in [-0.25, -0.2) is 0 Å². The van der Waals surface area contributed by atoms with Crippen LogP contribution in [0.25, 0.3) is 0 Å². The van der Waals surface area contributed by atoms with Crippen LogP contribution in [0.1, 0.15) is 53.9 Å². The molecule has 0 heterocycles. The second kappa shape index (κ2) is 7.37. The number of rotatable bonds is 7. The maximum Gasteiger partial charge on any atom is 0.101 e. The van der Waals surface area contributed by atoms with Gasteiger partial charge in [-0.3, -0.25) is 0 Å². The number of hydrogen-bond acceptors (Lipinski definition) is 0. The van der Waals surface area contributed by atoms with Gasteiger partial charge in [-0.05, 0) is 30.1 Å². The molecule has 14 heavy (non-hydrogen) atoms. The Morgan fingerprint density at radius 3 is 1.86 bits per heavy atom. The quantitative estimate of drug-likeness (QED) is 0.543. The van der Waals surface area contributed by atoms with Crippen LogP contribution in [0.3, 0.4) is 0 Å². The lowest BCUT2D eigenvalue weighted by molar-refractivity contribution is 0.243. The largest absolute Gasteiger partial charge is 0.101 e. The summed E-state index contributed by atoms with van der Waals surface area (Å²) in [6.45, 7) is 11.8. The van der Waals surface area contributed by atoms with E-state index in [-0.39, 0.29) is 0 Å². The second-order valence-corrected chi connectivity index (χ2v) is 5.46. The Labute approximate surface area is 92.3 Å². The molecule has 0 amide bonds. The Kier molecular flexibility index (Phi) is 7.40. The first-order valence-corrected chi connectivity index (χ1v) is 6.52. The summed E-state index contributed by atoms with van der Waals surface area (Å²) in [6.07, 6.45) is 5.56. The van der Waals surface area contributed by atoms with E-state index < -0.39 is 0 Å². The highest BCUT2D eigenvalue weighted by atomic mass is 14.3. The smallest absolute Gasteiger partial charge is 0.0778 e. The predicted molar refractivity (Wildman–Crippen MR) is 69.5 cm³/mol. The fourth-order valence-electron chi connectivity index (χ4n) is 2.62. The summed E-state index contributed by atoms with van der Waals surface area (Å²) in [7, 11) is 2.35. The van der Waals surface area contributed by atoms with Gasteiger partial charge in [0.05, 0.1) is 0 Å². The highest BCUT2D eigenvalue weighted by Crippen LogP contribution is 2.31. The highest BCUT2D eigenvalue weighted by molar-refractivity contribution is 6.08. The topological polar surface area (TPSA) is 0 Å². The maximum atomic E-state index is 2.38. The Hall–Kier alpha value is 0.0649. The van der Waals surface area contributed by atoms with Gasteiger partial charge < -0.3 is 0 Å². The molecule has 0 radical (unpaired) electrons. The van der Waals surface area contributed by atoms with E-state index in [4.69, 9.17) is 0 Å². The molecule has 0 bridgehead atoms. The molecule has 0 aliphatic heterocycles. The molecule has 0 aromatic carbocycles. The molecule has 0 nitrogen and oxygen atoms in total. The predicted octanol–water partition coefficient (Wildman–Crippen LogP) is 3.77. The van der Waals surface area contributed by atoms with Crippen LogP contribution in [0, 0.1) is 23.7 Å². The van der Waals surface area contributed by atoms with E-state index in [0.29, 0.717) is 0 Å². The van der Waals surface area contributed by atoms with Crippen molar-refractivity contribution in [1.29, 1.82) is 0 Å². The van der Waals surface area contributed by atoms with Gasteiger partial charge in [0.2, 0.25) is 0 Å². The molecule has 0 aromatic heterocycles. The Morgan fingerprint density at radius 2 is 1.57 bits per heavy atom. The molecule has 84 valence electrons. The van der Waals surface area contributed by atoms with Gasteiger partial charge in [0.15, 0.2) is 0 Å². The molecule has 0 rings (SSSR count). The third kappa shape index (κ3) is 5.07. The molecule has 0 fully saturated rings. The molecule has 0 N–H and O–H groups in total. The maximum absolute atomic E-state index is 2.38. The van der Waals surface area contributed by atoms with E-state index in [1.165, 1.54) is 25.6 Å². The first-order valence-electron chi connectivity index (χ1n) is 6.52. The van der Waals surface area contributed by atoms with Crippen molar-refractivity contribution in [1.82, 2.24) is 0 Å². The molecule has 0 saturated carbocycles. The average molecular weight is 196 g/mol. The van der Waals surface area contributed by atoms with Crippen LogP contribution >= 0.6 is 0 Å². The standard InChI is InChI=1S/C13H29B/c1-6-12(8-7-10(2)3)13(9-14)11(4)5/h10-13H,6-9,14H2,1-5H3. The lowest BCUT2D eigenvalue weighted by Crippen LogP contribution is -2.20. The van der Waals surface area contributed by atoms with Crippen LogP contribution in [-0.2, 0) is 0 Å². The van der Waals surface area contributed by atoms with Gasteiger partial charge in [-0.2, -0.15) is 0 Å². The Balaban J connectivity index is 4.08. The molecular weight excluding hydrogens is 167 g/mol. The molecule has 0 aliphatic rings. The van der Waals surface area contributed by atoms with Crippen molar-refractivity contribution in [3.8, 4) is 0 Å². The summed E-state index contributed by atoms with van der Waals surface area (Å²) in [5.74, 6) is 3.63. The van der Waals surface area contributed by atoms with Crippen molar-refractivity contribution in [2.75, 3.05) is 0 Å². The third-order valence-corrected chi connectivity index (χ3v) is 3.57. The minimum absolute atomic E-state index is 0.858. The van der Waals surface area contributed by atoms with Crippen molar-refractivity contribution >= 4 is 7.85 Å². The van der Waals surface area contributed by atoms with Gasteiger partial charge in [-0.1, -0.05) is 53.8 Å². The van der Waals surface area contributed by atoms with Crippen LogP contribution in [0.2, 0.25) is 6.32 Å². The van der Waals surface area contributed by atoms with Crippen molar-refractivity contribution < 1.29 is 0 Å². The molecule has 0 aliphatic carbocycles. The van der Waals surface area contributed by atoms with Crippen LogP contribution in [0.4, 0.5) is 0 Å². The highest BCUT2D eigenvalue weighted by Gasteiger charge is 2.21. The Bertz CT molecular complexity index is 129. The van der Waals surface area contributed by atoms with Crippen molar-refractivity contribution in [2.45, 2.75) is 60.2 Å². The van der Waals surface area contributed by atoms with Crippen LogP contribution in [0.5, 0.6) is 0 Å². The Morgan fingerprint density at radius 1 is 1.00 bits per heavy atom. The minimum Gasteiger partial charge on any atom is -0.0778 e. The molecular formula is C13H29B. The summed E-state index contributed by atoms with van der Waals surface area (Å²) in [5.41, 5.74) is 0. The zero-order chi connectivity index (χ0) is 11.1. The van der Waals surface area contributed by atoms with E-state index in [1.807, 2.05) is 0 Å². The van der Waals surface area contributed by atoms with Gasteiger partial charge in [0, 0.05) is 0 Å². The van der Waals surface area contributed by atoms with E-state index >= 15 is 0 Å². The molecule has 0 aromatic rings. The fourth-order valence-corrected chi connectivity index (χ4v) is 2.62. The first kappa shape index (κ1) is 14.1. The summed E-state index contributed by atoms with van der Waals surface area (Å²) < 4.78 is 0. The fraction of sp³-hybridized carbons (Fsp3) is 1.00. The zero-order valence-corrected chi connectivity index (χ0v) is 11.1. The summed E-state index contributed by atoms with van der Waals surface area (Å²) in [4.78, 5) is 0. The molecule has 2 unspecified atom stereocenters. The normalized spacial score (nSPS) is 16.2. The van der Waals surface area contributed by atoms with Gasteiger partial charge in [0.25, 0.3) is 0 Å². The summed E-state index contributed by atoms with van der Waals surface area (Å²) in [5, 5.41) is 0. The van der Waals surface area contributed by atoms with Crippen molar-refractivity contribution in [3.05, 3.63) is 0 Å². The number of hydrogen-bond donors (Lipinski definition) is 0. The molecule has 0 spiro atoms. The lowest BCUT2D eigenvalue weighted by Gasteiger charge is -2.29. The molecule has 2 atom stereocenters. The monoisotopic (exact) mass is 196 g/mol. The molecule has 0 saturated heterocycles. The minimum atomic E-state index is 0.858. The summed E-state index contributed by atoms with van der Waals surface area (Å²) in [6, 6.07) is 0. The van der Waals surface area contributed by atoms with E-state index in [1.54, 1.807) is 0 Å². The van der Waals surface area contributed by atoms with E-state index in [2.05, 4.69) is 42.5 Å². The third-order valence-electron chi connectivity index (χ3n) is 3.57. The zero-order valence-electron chi connectivity index (χ0n) is 11.1. The summed E-state index contributed by atoms with van der Waals surface area (Å²) >= 11 is 0. The van der Waals surface area contributed by atoms with Gasteiger partial charge in [0.1, 0.15) is 7.85 Å². The van der Waals surface area contributed by atoms with E-state index in [0.717, 1.165) is 23.7 Å². The molecule has 1 heteroatoms. The first-order chi connectivity index (χ1) is 6.52. The SMILES string of the molecule is BCC(C(C)C)C(CC)CCC(C)C. The lowest BCUT2D eigenvalue weighted by atomic mass is 9.72.